The first-order chi connectivity index (χ1) is 7.13. The Kier molecular flexibility index (Phi) is 3.49. The number of hydrogen-bond acceptors (Lipinski definition) is 4. The lowest BCUT2D eigenvalue weighted by atomic mass is 10.1. The van der Waals surface area contributed by atoms with Crippen LogP contribution in [0.5, 0.6) is 11.5 Å². The fourth-order valence-corrected chi connectivity index (χ4v) is 1.18. The molecule has 1 rings (SSSR count). The minimum absolute atomic E-state index is 0.0731. The van der Waals surface area contributed by atoms with Gasteiger partial charge in [-0.15, -0.1) is 0 Å². The largest absolute Gasteiger partial charge is 0.496 e. The van der Waals surface area contributed by atoms with Crippen LogP contribution in [0.15, 0.2) is 12.1 Å². The summed E-state index contributed by atoms with van der Waals surface area (Å²) in [5.41, 5.74) is 0.0731. The SMILES string of the molecule is COC(=O)c1c(OC)cc(F)cc1OC. The average Bonchev–Trinajstić information content (AvgIpc) is 2.26. The molecule has 0 fully saturated rings. The molecule has 0 amide bonds. The monoisotopic (exact) mass is 214 g/mol. The highest BCUT2D eigenvalue weighted by molar-refractivity contribution is 5.95. The first-order valence-corrected chi connectivity index (χ1v) is 4.13. The predicted molar refractivity (Wildman–Crippen MR) is 50.8 cm³/mol. The van der Waals surface area contributed by atoms with Gasteiger partial charge in [0, 0.05) is 12.1 Å². The normalized spacial score (nSPS) is 9.60. The number of hydrogen-bond donors (Lipinski definition) is 0. The Labute approximate surface area is 86.6 Å². The Hall–Kier alpha value is -1.78. The van der Waals surface area contributed by atoms with Crippen LogP contribution < -0.4 is 9.47 Å². The van der Waals surface area contributed by atoms with Crippen LogP contribution in [0.1, 0.15) is 10.4 Å². The molecule has 0 aliphatic carbocycles. The van der Waals surface area contributed by atoms with E-state index in [2.05, 4.69) is 4.74 Å². The Bertz CT molecular complexity index is 351. The minimum atomic E-state index is -0.635. The van der Waals surface area contributed by atoms with Gasteiger partial charge in [-0.1, -0.05) is 0 Å². The van der Waals surface area contributed by atoms with Crippen molar-refractivity contribution in [3.8, 4) is 11.5 Å². The summed E-state index contributed by atoms with van der Waals surface area (Å²) in [6.45, 7) is 0. The molecule has 1 aromatic rings. The second kappa shape index (κ2) is 4.63. The van der Waals surface area contributed by atoms with Crippen molar-refractivity contribution in [3.05, 3.63) is 23.5 Å². The average molecular weight is 214 g/mol. The van der Waals surface area contributed by atoms with Gasteiger partial charge in [-0.3, -0.25) is 0 Å². The number of carbonyl (C=O) groups is 1. The zero-order valence-electron chi connectivity index (χ0n) is 8.67. The fourth-order valence-electron chi connectivity index (χ4n) is 1.18. The van der Waals surface area contributed by atoms with E-state index in [0.717, 1.165) is 12.1 Å². The van der Waals surface area contributed by atoms with Crippen LogP contribution in [0.25, 0.3) is 0 Å². The van der Waals surface area contributed by atoms with E-state index in [-0.39, 0.29) is 17.1 Å². The number of methoxy groups -OCH3 is 3. The maximum absolute atomic E-state index is 13.0. The lowest BCUT2D eigenvalue weighted by Gasteiger charge is -2.11. The van der Waals surface area contributed by atoms with Crippen molar-refractivity contribution in [2.75, 3.05) is 21.3 Å². The van der Waals surface area contributed by atoms with E-state index < -0.39 is 11.8 Å². The van der Waals surface area contributed by atoms with Crippen molar-refractivity contribution in [1.29, 1.82) is 0 Å². The minimum Gasteiger partial charge on any atom is -0.496 e. The molecule has 0 N–H and O–H groups in total. The van der Waals surface area contributed by atoms with Crippen molar-refractivity contribution in [3.63, 3.8) is 0 Å². The van der Waals surface area contributed by atoms with Gasteiger partial charge in [-0.2, -0.15) is 0 Å². The molecule has 5 heteroatoms. The third kappa shape index (κ3) is 2.18. The highest BCUT2D eigenvalue weighted by Crippen LogP contribution is 2.30. The second-order valence-electron chi connectivity index (χ2n) is 2.68. The van der Waals surface area contributed by atoms with Crippen LogP contribution in [0.2, 0.25) is 0 Å². The highest BCUT2D eigenvalue weighted by Gasteiger charge is 2.20. The molecule has 15 heavy (non-hydrogen) atoms. The van der Waals surface area contributed by atoms with Crippen LogP contribution in [-0.4, -0.2) is 27.3 Å². The van der Waals surface area contributed by atoms with E-state index in [0.29, 0.717) is 0 Å². The zero-order chi connectivity index (χ0) is 11.4. The van der Waals surface area contributed by atoms with E-state index in [1.165, 1.54) is 21.3 Å². The van der Waals surface area contributed by atoms with Crippen molar-refractivity contribution in [2.24, 2.45) is 0 Å². The van der Waals surface area contributed by atoms with Gasteiger partial charge in [0.2, 0.25) is 0 Å². The van der Waals surface area contributed by atoms with Crippen LogP contribution in [0, 0.1) is 5.82 Å². The summed E-state index contributed by atoms with van der Waals surface area (Å²) in [6.07, 6.45) is 0. The fraction of sp³-hybridized carbons (Fsp3) is 0.300. The number of benzene rings is 1. The van der Waals surface area contributed by atoms with Crippen LogP contribution >= 0.6 is 0 Å². The maximum atomic E-state index is 13.0. The highest BCUT2D eigenvalue weighted by atomic mass is 19.1. The molecule has 4 nitrogen and oxygen atoms in total. The summed E-state index contributed by atoms with van der Waals surface area (Å²) in [7, 11) is 3.89. The molecule has 0 aliphatic heterocycles. The Morgan fingerprint density at radius 2 is 1.60 bits per heavy atom. The summed E-state index contributed by atoms with van der Waals surface area (Å²) in [4.78, 5) is 11.4. The number of esters is 1. The Morgan fingerprint density at radius 1 is 1.13 bits per heavy atom. The molecule has 0 aromatic heterocycles. The lowest BCUT2D eigenvalue weighted by Crippen LogP contribution is -2.07. The topological polar surface area (TPSA) is 44.8 Å². The summed E-state index contributed by atoms with van der Waals surface area (Å²) in [5, 5.41) is 0. The molecule has 0 atom stereocenters. The summed E-state index contributed by atoms with van der Waals surface area (Å²) in [5.74, 6) is -1.02. The van der Waals surface area contributed by atoms with Crippen molar-refractivity contribution in [1.82, 2.24) is 0 Å². The quantitative estimate of drug-likeness (QED) is 0.717. The van der Waals surface area contributed by atoms with Crippen molar-refractivity contribution < 1.29 is 23.4 Å². The van der Waals surface area contributed by atoms with Crippen molar-refractivity contribution in [2.45, 2.75) is 0 Å². The molecule has 0 unspecified atom stereocenters. The van der Waals surface area contributed by atoms with E-state index in [9.17, 15) is 9.18 Å². The van der Waals surface area contributed by atoms with Gasteiger partial charge in [0.1, 0.15) is 22.9 Å². The van der Waals surface area contributed by atoms with Gasteiger partial charge in [-0.25, -0.2) is 9.18 Å². The molecule has 1 aromatic carbocycles. The van der Waals surface area contributed by atoms with Gasteiger partial charge >= 0.3 is 5.97 Å². The molecule has 0 bridgehead atoms. The van der Waals surface area contributed by atoms with E-state index in [1.807, 2.05) is 0 Å². The first-order valence-electron chi connectivity index (χ1n) is 4.13. The van der Waals surface area contributed by atoms with Crippen LogP contribution in [0.3, 0.4) is 0 Å². The second-order valence-corrected chi connectivity index (χ2v) is 2.68. The molecule has 82 valence electrons. The van der Waals surface area contributed by atoms with Crippen LogP contribution in [0.4, 0.5) is 4.39 Å². The van der Waals surface area contributed by atoms with Gasteiger partial charge < -0.3 is 14.2 Å². The molecule has 0 heterocycles. The predicted octanol–water partition coefficient (Wildman–Crippen LogP) is 1.63. The Balaban J connectivity index is 3.36. The number of rotatable bonds is 3. The summed E-state index contributed by atoms with van der Waals surface area (Å²) in [6, 6.07) is 2.18. The van der Waals surface area contributed by atoms with Gasteiger partial charge in [0.25, 0.3) is 0 Å². The summed E-state index contributed by atoms with van der Waals surface area (Å²) < 4.78 is 27.3. The number of halogens is 1. The van der Waals surface area contributed by atoms with Crippen LogP contribution in [-0.2, 0) is 4.74 Å². The van der Waals surface area contributed by atoms with Crippen molar-refractivity contribution >= 4 is 5.97 Å². The van der Waals surface area contributed by atoms with E-state index >= 15 is 0 Å². The third-order valence-corrected chi connectivity index (χ3v) is 1.86. The molecular formula is C10H11FO4. The first kappa shape index (κ1) is 11.3. The van der Waals surface area contributed by atoms with E-state index in [4.69, 9.17) is 9.47 Å². The molecular weight excluding hydrogens is 203 g/mol. The molecule has 0 saturated carbocycles. The summed E-state index contributed by atoms with van der Waals surface area (Å²) >= 11 is 0. The van der Waals surface area contributed by atoms with Gasteiger partial charge in [0.15, 0.2) is 0 Å². The zero-order valence-corrected chi connectivity index (χ0v) is 8.67. The Morgan fingerprint density at radius 3 is 1.93 bits per heavy atom. The lowest BCUT2D eigenvalue weighted by molar-refractivity contribution is 0.0593. The van der Waals surface area contributed by atoms with Gasteiger partial charge in [-0.05, 0) is 0 Å². The van der Waals surface area contributed by atoms with E-state index in [1.54, 1.807) is 0 Å². The number of ether oxygens (including phenoxy) is 3. The number of carbonyl (C=O) groups excluding carboxylic acids is 1. The molecule has 0 radical (unpaired) electrons. The molecule has 0 aliphatic rings. The van der Waals surface area contributed by atoms with Gasteiger partial charge in [0.05, 0.1) is 21.3 Å². The maximum Gasteiger partial charge on any atom is 0.345 e. The molecule has 0 spiro atoms. The third-order valence-electron chi connectivity index (χ3n) is 1.86. The molecule has 0 saturated heterocycles. The standard InChI is InChI=1S/C10H11FO4/c1-13-7-4-6(11)5-8(14-2)9(7)10(12)15-3/h4-5H,1-3H3. The smallest absolute Gasteiger partial charge is 0.345 e.